The molecular weight excluding hydrogens is 309 g/mol. The molecule has 1 aromatic rings. The summed E-state index contributed by atoms with van der Waals surface area (Å²) in [6, 6.07) is 2.17. The van der Waals surface area contributed by atoms with Gasteiger partial charge in [-0.05, 0) is 30.2 Å². The van der Waals surface area contributed by atoms with Crippen LogP contribution in [0.2, 0.25) is 0 Å². The predicted octanol–water partition coefficient (Wildman–Crippen LogP) is 2.48. The van der Waals surface area contributed by atoms with Crippen LogP contribution in [0.15, 0.2) is 18.2 Å². The largest absolute Gasteiger partial charge is 0.508 e. The Bertz CT molecular complexity index is 505. The monoisotopic (exact) mass is 324 g/mol. The van der Waals surface area contributed by atoms with Gasteiger partial charge in [-0.1, -0.05) is 11.8 Å². The summed E-state index contributed by atoms with van der Waals surface area (Å²) in [4.78, 5) is 10.7. The van der Waals surface area contributed by atoms with Gasteiger partial charge in [-0.3, -0.25) is 4.79 Å². The molecule has 0 heterocycles. The molecule has 0 saturated carbocycles. The molecule has 0 aliphatic heterocycles. The summed E-state index contributed by atoms with van der Waals surface area (Å²) in [7, 11) is 0. The first-order valence-corrected chi connectivity index (χ1v) is 7.00. The highest BCUT2D eigenvalue weighted by Crippen LogP contribution is 2.34. The summed E-state index contributed by atoms with van der Waals surface area (Å²) in [6.07, 6.45) is -7.55. The van der Waals surface area contributed by atoms with Gasteiger partial charge in [0.25, 0.3) is 0 Å². The van der Waals surface area contributed by atoms with Gasteiger partial charge in [0.15, 0.2) is 5.12 Å². The minimum Gasteiger partial charge on any atom is -0.508 e. The fourth-order valence-corrected chi connectivity index (χ4v) is 2.32. The van der Waals surface area contributed by atoms with Gasteiger partial charge in [0.05, 0.1) is 11.7 Å². The fourth-order valence-electron chi connectivity index (χ4n) is 1.67. The van der Waals surface area contributed by atoms with Crippen LogP contribution < -0.4 is 0 Å². The number of phenols is 1. The third-order valence-electron chi connectivity index (χ3n) is 2.69. The van der Waals surface area contributed by atoms with E-state index in [0.717, 1.165) is 17.8 Å². The van der Waals surface area contributed by atoms with E-state index in [-0.39, 0.29) is 22.9 Å². The maximum Gasteiger partial charge on any atom is 0.416 e. The Kier molecular flexibility index (Phi) is 6.06. The zero-order valence-corrected chi connectivity index (χ0v) is 11.9. The highest BCUT2D eigenvalue weighted by molar-refractivity contribution is 8.13. The number of hydrogen-bond donors (Lipinski definition) is 3. The van der Waals surface area contributed by atoms with Gasteiger partial charge in [-0.25, -0.2) is 0 Å². The number of carbonyl (C=O) groups excluding carboxylic acids is 1. The lowest BCUT2D eigenvalue weighted by molar-refractivity contribution is -0.137. The summed E-state index contributed by atoms with van der Waals surface area (Å²) < 4.78 is 37.8. The van der Waals surface area contributed by atoms with E-state index in [1.807, 2.05) is 0 Å². The molecule has 0 radical (unpaired) electrons. The highest BCUT2D eigenvalue weighted by Gasteiger charge is 2.32. The van der Waals surface area contributed by atoms with E-state index in [1.165, 1.54) is 6.92 Å². The molecule has 0 bridgehead atoms. The van der Waals surface area contributed by atoms with Gasteiger partial charge in [0.2, 0.25) is 0 Å². The molecule has 0 amide bonds. The second-order valence-corrected chi connectivity index (χ2v) is 5.72. The van der Waals surface area contributed by atoms with Crippen LogP contribution in [0.25, 0.3) is 0 Å². The van der Waals surface area contributed by atoms with E-state index in [4.69, 9.17) is 0 Å². The Labute approximate surface area is 123 Å². The van der Waals surface area contributed by atoms with Crippen LogP contribution >= 0.6 is 11.8 Å². The Morgan fingerprint density at radius 2 is 1.90 bits per heavy atom. The van der Waals surface area contributed by atoms with Crippen molar-refractivity contribution in [3.63, 3.8) is 0 Å². The number of phenolic OH excluding ortho intramolecular Hbond substituents is 1. The second-order valence-electron chi connectivity index (χ2n) is 4.45. The Morgan fingerprint density at radius 1 is 1.29 bits per heavy atom. The van der Waals surface area contributed by atoms with Crippen molar-refractivity contribution >= 4 is 16.9 Å². The number of benzene rings is 1. The molecule has 1 aromatic carbocycles. The lowest BCUT2D eigenvalue weighted by Gasteiger charge is -2.19. The van der Waals surface area contributed by atoms with Crippen LogP contribution in [0.3, 0.4) is 0 Å². The number of hydrogen-bond acceptors (Lipinski definition) is 5. The SMILES string of the molecule is CC(=O)SCCC(O)C(O)c1cc(O)cc(C(F)(F)F)c1. The van der Waals surface area contributed by atoms with Crippen LogP contribution in [-0.4, -0.2) is 32.3 Å². The number of aromatic hydroxyl groups is 1. The topological polar surface area (TPSA) is 77.8 Å². The predicted molar refractivity (Wildman–Crippen MR) is 71.8 cm³/mol. The van der Waals surface area contributed by atoms with Crippen LogP contribution in [-0.2, 0) is 11.0 Å². The second kappa shape index (κ2) is 7.15. The molecule has 0 saturated heterocycles. The molecule has 0 aliphatic rings. The lowest BCUT2D eigenvalue weighted by Crippen LogP contribution is -2.20. The third-order valence-corrected chi connectivity index (χ3v) is 3.54. The molecule has 21 heavy (non-hydrogen) atoms. The van der Waals surface area contributed by atoms with Gasteiger partial charge >= 0.3 is 6.18 Å². The number of rotatable bonds is 5. The molecule has 3 N–H and O–H groups in total. The van der Waals surface area contributed by atoms with Crippen molar-refractivity contribution in [1.82, 2.24) is 0 Å². The summed E-state index contributed by atoms with van der Waals surface area (Å²) in [5.74, 6) is -0.414. The minimum atomic E-state index is -4.66. The van der Waals surface area contributed by atoms with Gasteiger partial charge in [0.1, 0.15) is 11.9 Å². The molecule has 0 aromatic heterocycles. The van der Waals surface area contributed by atoms with Crippen molar-refractivity contribution in [1.29, 1.82) is 0 Å². The van der Waals surface area contributed by atoms with Crippen molar-refractivity contribution in [2.45, 2.75) is 31.7 Å². The van der Waals surface area contributed by atoms with E-state index >= 15 is 0 Å². The first-order chi connectivity index (χ1) is 9.61. The number of thioether (sulfide) groups is 1. The highest BCUT2D eigenvalue weighted by atomic mass is 32.2. The number of aliphatic hydroxyl groups is 2. The minimum absolute atomic E-state index is 0.0302. The van der Waals surface area contributed by atoms with Crippen molar-refractivity contribution in [3.05, 3.63) is 29.3 Å². The maximum absolute atomic E-state index is 12.6. The Hall–Kier alpha value is -1.25. The lowest BCUT2D eigenvalue weighted by atomic mass is 10.00. The molecule has 2 unspecified atom stereocenters. The van der Waals surface area contributed by atoms with E-state index in [2.05, 4.69) is 0 Å². The van der Waals surface area contributed by atoms with Gasteiger partial charge in [-0.15, -0.1) is 0 Å². The first-order valence-electron chi connectivity index (χ1n) is 6.02. The number of alkyl halides is 3. The van der Waals surface area contributed by atoms with Gasteiger partial charge in [0, 0.05) is 12.7 Å². The summed E-state index contributed by atoms with van der Waals surface area (Å²) >= 11 is 0.943. The summed E-state index contributed by atoms with van der Waals surface area (Å²) in [5.41, 5.74) is -1.34. The fraction of sp³-hybridized carbons (Fsp3) is 0.462. The van der Waals surface area contributed by atoms with Gasteiger partial charge in [-0.2, -0.15) is 13.2 Å². The molecule has 118 valence electrons. The van der Waals surface area contributed by atoms with Crippen LogP contribution in [0, 0.1) is 0 Å². The maximum atomic E-state index is 12.6. The van der Waals surface area contributed by atoms with Crippen molar-refractivity contribution in [2.75, 3.05) is 5.75 Å². The molecule has 4 nitrogen and oxygen atoms in total. The molecular formula is C13H15F3O4S. The van der Waals surface area contributed by atoms with Crippen LogP contribution in [0.1, 0.15) is 30.6 Å². The van der Waals surface area contributed by atoms with E-state index in [0.29, 0.717) is 12.1 Å². The first kappa shape index (κ1) is 17.8. The van der Waals surface area contributed by atoms with Crippen molar-refractivity contribution < 1.29 is 33.3 Å². The Morgan fingerprint density at radius 3 is 2.43 bits per heavy atom. The van der Waals surface area contributed by atoms with Crippen molar-refractivity contribution in [2.24, 2.45) is 0 Å². The third kappa shape index (κ3) is 5.56. The van der Waals surface area contributed by atoms with E-state index in [9.17, 15) is 33.3 Å². The standard InChI is InChI=1S/C13H15F3O4S/c1-7(17)21-3-2-11(19)12(20)8-4-9(13(14,15)16)6-10(18)5-8/h4-6,11-12,18-20H,2-3H2,1H3. The van der Waals surface area contributed by atoms with E-state index in [1.54, 1.807) is 0 Å². The average molecular weight is 324 g/mol. The molecule has 8 heteroatoms. The molecule has 0 spiro atoms. The molecule has 0 fully saturated rings. The number of carbonyl (C=O) groups is 1. The Balaban J connectivity index is 2.84. The molecule has 2 atom stereocenters. The zero-order valence-electron chi connectivity index (χ0n) is 11.1. The quantitative estimate of drug-likeness (QED) is 0.775. The van der Waals surface area contributed by atoms with Gasteiger partial charge < -0.3 is 15.3 Å². The smallest absolute Gasteiger partial charge is 0.416 e. The average Bonchev–Trinajstić information content (AvgIpc) is 2.35. The normalized spacial score (nSPS) is 14.8. The summed E-state index contributed by atoms with van der Waals surface area (Å²) in [5, 5.41) is 28.7. The van der Waals surface area contributed by atoms with Crippen molar-refractivity contribution in [3.8, 4) is 5.75 Å². The zero-order chi connectivity index (χ0) is 16.2. The molecule has 0 aliphatic carbocycles. The van der Waals surface area contributed by atoms with Crippen LogP contribution in [0.4, 0.5) is 13.2 Å². The molecule has 1 rings (SSSR count). The number of aliphatic hydroxyl groups excluding tert-OH is 2. The van der Waals surface area contributed by atoms with E-state index < -0.39 is 29.7 Å². The number of halogens is 3. The van der Waals surface area contributed by atoms with Crippen LogP contribution in [0.5, 0.6) is 5.75 Å². The summed E-state index contributed by atoms with van der Waals surface area (Å²) in [6.45, 7) is 1.35.